The molecule has 0 spiro atoms. The summed E-state index contributed by atoms with van der Waals surface area (Å²) in [5, 5.41) is 2.51. The predicted octanol–water partition coefficient (Wildman–Crippen LogP) is 3.55. The number of aryl methyl sites for hydroxylation is 1. The maximum absolute atomic E-state index is 13.6. The van der Waals surface area contributed by atoms with Crippen LogP contribution in [0.25, 0.3) is 0 Å². The number of nitrogens with one attached hydrogen (secondary N) is 2. The Morgan fingerprint density at radius 1 is 0.970 bits per heavy atom. The Bertz CT molecular complexity index is 1280. The minimum absolute atomic E-state index is 0.0433. The lowest BCUT2D eigenvalue weighted by Gasteiger charge is -2.12. The Morgan fingerprint density at radius 3 is 2.36 bits per heavy atom. The minimum Gasteiger partial charge on any atom is -0.452 e. The van der Waals surface area contributed by atoms with Crippen molar-refractivity contribution in [1.82, 2.24) is 5.32 Å². The molecule has 0 bridgehead atoms. The molecule has 10 heteroatoms. The minimum atomic E-state index is -4.10. The van der Waals surface area contributed by atoms with Gasteiger partial charge in [-0.05, 0) is 60.5 Å². The lowest BCUT2D eigenvalue weighted by molar-refractivity contribution is -0.124. The summed E-state index contributed by atoms with van der Waals surface area (Å²) in [7, 11) is -4.10. The van der Waals surface area contributed by atoms with Gasteiger partial charge in [0.2, 0.25) is 0 Å². The fraction of sp³-hybridized carbons (Fsp3) is 0.130. The molecule has 0 saturated carbocycles. The number of benzene rings is 3. The van der Waals surface area contributed by atoms with E-state index in [0.29, 0.717) is 11.1 Å². The van der Waals surface area contributed by atoms with Crippen LogP contribution in [0.4, 0.5) is 14.5 Å². The van der Waals surface area contributed by atoms with Crippen molar-refractivity contribution in [3.05, 3.63) is 95.1 Å². The normalized spacial score (nSPS) is 11.0. The van der Waals surface area contributed by atoms with E-state index >= 15 is 0 Å². The highest BCUT2D eigenvalue weighted by molar-refractivity contribution is 7.92. The van der Waals surface area contributed by atoms with Crippen molar-refractivity contribution in [3.63, 3.8) is 0 Å². The van der Waals surface area contributed by atoms with E-state index in [9.17, 15) is 26.8 Å². The second-order valence-corrected chi connectivity index (χ2v) is 8.72. The van der Waals surface area contributed by atoms with Gasteiger partial charge in [-0.25, -0.2) is 22.0 Å². The number of hydrogen-bond donors (Lipinski definition) is 2. The maximum atomic E-state index is 13.6. The van der Waals surface area contributed by atoms with Crippen molar-refractivity contribution in [1.29, 1.82) is 0 Å². The standard InChI is InChI=1S/C23H20F2N2O5S/c1-15-6-7-16(12-20(15)25)13-26-22(28)14-32-23(29)19-4-2-3-5-21(19)27-33(30,31)18-10-8-17(24)9-11-18/h2-12,27H,13-14H2,1H3,(H,26,28). The SMILES string of the molecule is Cc1ccc(CNC(=O)COC(=O)c2ccccc2NS(=O)(=O)c2ccc(F)cc2)cc1F. The number of esters is 1. The van der Waals surface area contributed by atoms with Crippen LogP contribution >= 0.6 is 0 Å². The quantitative estimate of drug-likeness (QED) is 0.487. The van der Waals surface area contributed by atoms with Crippen molar-refractivity contribution in [2.45, 2.75) is 18.4 Å². The zero-order valence-corrected chi connectivity index (χ0v) is 18.3. The van der Waals surface area contributed by atoms with Crippen LogP contribution < -0.4 is 10.0 Å². The molecule has 0 aliphatic heterocycles. The summed E-state index contributed by atoms with van der Waals surface area (Å²) in [6.45, 7) is 1.04. The molecule has 2 N–H and O–H groups in total. The van der Waals surface area contributed by atoms with Gasteiger partial charge in [-0.15, -0.1) is 0 Å². The molecule has 3 rings (SSSR count). The molecule has 1 amide bonds. The maximum Gasteiger partial charge on any atom is 0.340 e. The molecule has 0 saturated heterocycles. The molecule has 0 aliphatic carbocycles. The van der Waals surface area contributed by atoms with Crippen LogP contribution in [0.15, 0.2) is 71.6 Å². The van der Waals surface area contributed by atoms with Gasteiger partial charge in [0.15, 0.2) is 6.61 Å². The summed E-state index contributed by atoms with van der Waals surface area (Å²) >= 11 is 0. The summed E-state index contributed by atoms with van der Waals surface area (Å²) in [5.41, 5.74) is 0.838. The first kappa shape index (κ1) is 23.9. The number of anilines is 1. The average molecular weight is 474 g/mol. The first-order valence-corrected chi connectivity index (χ1v) is 11.2. The van der Waals surface area contributed by atoms with Gasteiger partial charge in [-0.3, -0.25) is 9.52 Å². The van der Waals surface area contributed by atoms with Crippen LogP contribution in [0.2, 0.25) is 0 Å². The molecule has 3 aromatic carbocycles. The summed E-state index contributed by atoms with van der Waals surface area (Å²) in [5.74, 6) is -2.53. The molecule has 0 aromatic heterocycles. The molecular weight excluding hydrogens is 454 g/mol. The van der Waals surface area contributed by atoms with Gasteiger partial charge in [0.1, 0.15) is 11.6 Å². The topological polar surface area (TPSA) is 102 Å². The molecule has 0 atom stereocenters. The second-order valence-electron chi connectivity index (χ2n) is 7.04. The number of hydrogen-bond acceptors (Lipinski definition) is 5. The van der Waals surface area contributed by atoms with Crippen molar-refractivity contribution in [2.24, 2.45) is 0 Å². The van der Waals surface area contributed by atoms with E-state index in [1.54, 1.807) is 19.1 Å². The molecule has 3 aromatic rings. The molecule has 0 heterocycles. The summed E-state index contributed by atoms with van der Waals surface area (Å²) in [4.78, 5) is 24.3. The van der Waals surface area contributed by atoms with E-state index in [2.05, 4.69) is 10.0 Å². The Balaban J connectivity index is 1.61. The van der Waals surface area contributed by atoms with E-state index in [1.807, 2.05) is 0 Å². The highest BCUT2D eigenvalue weighted by atomic mass is 32.2. The monoisotopic (exact) mass is 474 g/mol. The molecule has 0 unspecified atom stereocenters. The molecule has 0 aliphatic rings. The Labute approximate surface area is 189 Å². The highest BCUT2D eigenvalue weighted by Gasteiger charge is 2.20. The fourth-order valence-corrected chi connectivity index (χ4v) is 3.85. The van der Waals surface area contributed by atoms with E-state index in [4.69, 9.17) is 4.74 Å². The van der Waals surface area contributed by atoms with Crippen molar-refractivity contribution >= 4 is 27.6 Å². The Kier molecular flexibility index (Phi) is 7.39. The van der Waals surface area contributed by atoms with Crippen molar-refractivity contribution < 1.29 is 31.5 Å². The van der Waals surface area contributed by atoms with Gasteiger partial charge >= 0.3 is 5.97 Å². The first-order chi connectivity index (χ1) is 15.7. The molecule has 0 radical (unpaired) electrons. The number of para-hydroxylation sites is 1. The van der Waals surface area contributed by atoms with Gasteiger partial charge in [-0.1, -0.05) is 24.3 Å². The van der Waals surface area contributed by atoms with Gasteiger partial charge in [0.05, 0.1) is 16.1 Å². The van der Waals surface area contributed by atoms with Crippen LogP contribution in [-0.2, 0) is 26.1 Å². The van der Waals surface area contributed by atoms with Crippen molar-refractivity contribution in [3.8, 4) is 0 Å². The number of ether oxygens (including phenoxy) is 1. The number of amides is 1. The second kappa shape index (κ2) is 10.2. The van der Waals surface area contributed by atoms with Crippen LogP contribution in [0, 0.1) is 18.6 Å². The first-order valence-electron chi connectivity index (χ1n) is 9.72. The third kappa shape index (κ3) is 6.36. The zero-order valence-electron chi connectivity index (χ0n) is 17.5. The Morgan fingerprint density at radius 2 is 1.67 bits per heavy atom. The van der Waals surface area contributed by atoms with Gasteiger partial charge < -0.3 is 10.1 Å². The van der Waals surface area contributed by atoms with Gasteiger partial charge in [0.25, 0.3) is 15.9 Å². The molecule has 7 nitrogen and oxygen atoms in total. The van der Waals surface area contributed by atoms with E-state index in [0.717, 1.165) is 24.3 Å². The van der Waals surface area contributed by atoms with Crippen LogP contribution in [0.1, 0.15) is 21.5 Å². The average Bonchev–Trinajstić information content (AvgIpc) is 2.78. The van der Waals surface area contributed by atoms with E-state index in [1.165, 1.54) is 30.3 Å². The van der Waals surface area contributed by atoms with Crippen molar-refractivity contribution in [2.75, 3.05) is 11.3 Å². The van der Waals surface area contributed by atoms with Crippen LogP contribution in [0.5, 0.6) is 0 Å². The predicted molar refractivity (Wildman–Crippen MR) is 117 cm³/mol. The summed E-state index contributed by atoms with van der Waals surface area (Å²) in [6.07, 6.45) is 0. The number of carbonyl (C=O) groups excluding carboxylic acids is 2. The van der Waals surface area contributed by atoms with E-state index in [-0.39, 0.29) is 22.7 Å². The summed E-state index contributed by atoms with van der Waals surface area (Å²) in [6, 6.07) is 14.4. The third-order valence-corrected chi connectivity index (χ3v) is 5.96. The van der Waals surface area contributed by atoms with Gasteiger partial charge in [0, 0.05) is 6.54 Å². The molecule has 0 fully saturated rings. The zero-order chi connectivity index (χ0) is 24.0. The summed E-state index contributed by atoms with van der Waals surface area (Å²) < 4.78 is 59.0. The van der Waals surface area contributed by atoms with Crippen LogP contribution in [-0.4, -0.2) is 26.9 Å². The smallest absolute Gasteiger partial charge is 0.340 e. The van der Waals surface area contributed by atoms with Crippen LogP contribution in [0.3, 0.4) is 0 Å². The molecular formula is C23H20F2N2O5S. The number of sulfonamides is 1. The van der Waals surface area contributed by atoms with Gasteiger partial charge in [-0.2, -0.15) is 0 Å². The third-order valence-electron chi connectivity index (χ3n) is 4.58. The number of halogens is 2. The number of carbonyl (C=O) groups is 2. The lowest BCUT2D eigenvalue weighted by atomic mass is 10.1. The highest BCUT2D eigenvalue weighted by Crippen LogP contribution is 2.21. The van der Waals surface area contributed by atoms with E-state index < -0.39 is 40.1 Å². The lowest BCUT2D eigenvalue weighted by Crippen LogP contribution is -2.28. The molecule has 33 heavy (non-hydrogen) atoms. The fourth-order valence-electron chi connectivity index (χ4n) is 2.77. The Hall–Kier alpha value is -3.79. The largest absolute Gasteiger partial charge is 0.452 e. The molecule has 172 valence electrons. The number of rotatable bonds is 8.